The first-order chi connectivity index (χ1) is 8.11. The Kier molecular flexibility index (Phi) is 3.19. The molecule has 92 valence electrons. The summed E-state index contributed by atoms with van der Waals surface area (Å²) < 4.78 is 5.03. The maximum atomic E-state index is 10.9. The summed E-state index contributed by atoms with van der Waals surface area (Å²) >= 11 is 0. The molecule has 2 atom stereocenters. The van der Waals surface area contributed by atoms with Crippen molar-refractivity contribution >= 4 is 5.97 Å². The molecule has 2 unspecified atom stereocenters. The smallest absolute Gasteiger partial charge is 0.307 e. The Labute approximate surface area is 99.0 Å². The number of nitrogens with one attached hydrogen (secondary N) is 1. The third-order valence-corrected chi connectivity index (χ3v) is 3.09. The van der Waals surface area contributed by atoms with Crippen LogP contribution in [0.2, 0.25) is 0 Å². The zero-order valence-corrected chi connectivity index (χ0v) is 9.51. The van der Waals surface area contributed by atoms with Gasteiger partial charge in [0.2, 0.25) is 0 Å². The minimum Gasteiger partial charge on any atom is -0.504 e. The molecule has 1 aromatic rings. The normalized spacial score (nSPS) is 23.6. The third kappa shape index (κ3) is 2.34. The first kappa shape index (κ1) is 11.7. The number of carboxylic acid groups (broad SMARTS) is 1. The van der Waals surface area contributed by atoms with Gasteiger partial charge in [-0.3, -0.25) is 4.79 Å². The summed E-state index contributed by atoms with van der Waals surface area (Å²) in [4.78, 5) is 10.9. The highest BCUT2D eigenvalue weighted by Gasteiger charge is 2.30. The number of aromatic hydroxyl groups is 1. The van der Waals surface area contributed by atoms with Crippen LogP contribution in [0.15, 0.2) is 18.2 Å². The van der Waals surface area contributed by atoms with Crippen molar-refractivity contribution in [3.63, 3.8) is 0 Å². The molecule has 1 aromatic carbocycles. The van der Waals surface area contributed by atoms with Gasteiger partial charge in [-0.2, -0.15) is 0 Å². The Hall–Kier alpha value is -1.75. The standard InChI is InChI=1S/C12H15NO4/c1-17-11-5-7(2-3-10(11)14)9-4-8(6-13-9)12(15)16/h2-3,5,8-9,13-14H,4,6H2,1H3,(H,15,16). The average molecular weight is 237 g/mol. The monoisotopic (exact) mass is 237 g/mol. The number of hydrogen-bond acceptors (Lipinski definition) is 4. The summed E-state index contributed by atoms with van der Waals surface area (Å²) in [5, 5.41) is 21.6. The largest absolute Gasteiger partial charge is 0.504 e. The number of carboxylic acids is 1. The topological polar surface area (TPSA) is 78.8 Å². The van der Waals surface area contributed by atoms with E-state index >= 15 is 0 Å². The van der Waals surface area contributed by atoms with Gasteiger partial charge in [-0.15, -0.1) is 0 Å². The Morgan fingerprint density at radius 2 is 2.29 bits per heavy atom. The highest BCUT2D eigenvalue weighted by Crippen LogP contribution is 2.33. The number of methoxy groups -OCH3 is 1. The van der Waals surface area contributed by atoms with Gasteiger partial charge in [-0.1, -0.05) is 6.07 Å². The van der Waals surface area contributed by atoms with Crippen molar-refractivity contribution in [3.8, 4) is 11.5 Å². The zero-order valence-electron chi connectivity index (χ0n) is 9.51. The summed E-state index contributed by atoms with van der Waals surface area (Å²) in [6, 6.07) is 5.08. The van der Waals surface area contributed by atoms with Crippen LogP contribution in [0.3, 0.4) is 0 Å². The van der Waals surface area contributed by atoms with Crippen molar-refractivity contribution in [1.82, 2.24) is 5.32 Å². The molecule has 1 heterocycles. The lowest BCUT2D eigenvalue weighted by Crippen LogP contribution is -2.17. The maximum absolute atomic E-state index is 10.9. The van der Waals surface area contributed by atoms with Gasteiger partial charge in [0.05, 0.1) is 13.0 Å². The van der Waals surface area contributed by atoms with Gasteiger partial charge in [0.15, 0.2) is 11.5 Å². The molecule has 1 saturated heterocycles. The predicted molar refractivity (Wildman–Crippen MR) is 61.1 cm³/mol. The van der Waals surface area contributed by atoms with Crippen LogP contribution in [-0.4, -0.2) is 29.8 Å². The molecular weight excluding hydrogens is 222 g/mol. The maximum Gasteiger partial charge on any atom is 0.307 e. The van der Waals surface area contributed by atoms with Crippen molar-refractivity contribution in [2.75, 3.05) is 13.7 Å². The lowest BCUT2D eigenvalue weighted by molar-refractivity contribution is -0.141. The van der Waals surface area contributed by atoms with Crippen molar-refractivity contribution in [1.29, 1.82) is 0 Å². The van der Waals surface area contributed by atoms with Crippen LogP contribution in [-0.2, 0) is 4.79 Å². The number of ether oxygens (including phenoxy) is 1. The van der Waals surface area contributed by atoms with Gasteiger partial charge >= 0.3 is 5.97 Å². The van der Waals surface area contributed by atoms with Gasteiger partial charge in [-0.05, 0) is 24.1 Å². The quantitative estimate of drug-likeness (QED) is 0.734. The predicted octanol–water partition coefficient (Wildman–Crippen LogP) is 1.14. The van der Waals surface area contributed by atoms with Crippen LogP contribution < -0.4 is 10.1 Å². The molecule has 5 nitrogen and oxygen atoms in total. The molecule has 1 aliphatic heterocycles. The minimum absolute atomic E-state index is 0.00519. The van der Waals surface area contributed by atoms with Gasteiger partial charge < -0.3 is 20.3 Å². The first-order valence-electron chi connectivity index (χ1n) is 5.45. The molecule has 1 fully saturated rings. The minimum atomic E-state index is -0.772. The lowest BCUT2D eigenvalue weighted by atomic mass is 10.00. The second-order valence-electron chi connectivity index (χ2n) is 4.16. The summed E-state index contributed by atoms with van der Waals surface area (Å²) in [6.45, 7) is 0.475. The zero-order chi connectivity index (χ0) is 12.4. The molecule has 5 heteroatoms. The van der Waals surface area contributed by atoms with Crippen LogP contribution in [0.4, 0.5) is 0 Å². The fraction of sp³-hybridized carbons (Fsp3) is 0.417. The molecule has 0 aromatic heterocycles. The summed E-state index contributed by atoms with van der Waals surface area (Å²) in [6.07, 6.45) is 0.559. The van der Waals surface area contributed by atoms with Gasteiger partial charge in [0.1, 0.15) is 0 Å². The Bertz CT molecular complexity index is 433. The van der Waals surface area contributed by atoms with Crippen molar-refractivity contribution in [2.45, 2.75) is 12.5 Å². The molecule has 0 radical (unpaired) electrons. The molecule has 0 bridgehead atoms. The van der Waals surface area contributed by atoms with Crippen LogP contribution in [0.25, 0.3) is 0 Å². The molecule has 0 amide bonds. The Morgan fingerprint density at radius 3 is 2.88 bits per heavy atom. The van der Waals surface area contributed by atoms with Crippen LogP contribution in [0.1, 0.15) is 18.0 Å². The molecule has 3 N–H and O–H groups in total. The van der Waals surface area contributed by atoms with Crippen LogP contribution in [0, 0.1) is 5.92 Å². The first-order valence-corrected chi connectivity index (χ1v) is 5.45. The van der Waals surface area contributed by atoms with Crippen LogP contribution in [0.5, 0.6) is 11.5 Å². The van der Waals surface area contributed by atoms with E-state index in [-0.39, 0.29) is 17.7 Å². The van der Waals surface area contributed by atoms with Crippen LogP contribution >= 0.6 is 0 Å². The number of hydrogen-bond donors (Lipinski definition) is 3. The summed E-state index contributed by atoms with van der Waals surface area (Å²) in [7, 11) is 1.49. The van der Waals surface area contributed by atoms with Crippen molar-refractivity contribution in [2.24, 2.45) is 5.92 Å². The molecule has 0 aliphatic carbocycles. The fourth-order valence-corrected chi connectivity index (χ4v) is 2.09. The molecule has 2 rings (SSSR count). The highest BCUT2D eigenvalue weighted by molar-refractivity contribution is 5.70. The number of phenolic OH excluding ortho intramolecular Hbond substituents is 1. The fourth-order valence-electron chi connectivity index (χ4n) is 2.09. The molecule has 0 spiro atoms. The van der Waals surface area contributed by atoms with E-state index in [2.05, 4.69) is 5.32 Å². The van der Waals surface area contributed by atoms with Gasteiger partial charge in [0.25, 0.3) is 0 Å². The third-order valence-electron chi connectivity index (χ3n) is 3.09. The number of rotatable bonds is 3. The number of benzene rings is 1. The van der Waals surface area contributed by atoms with E-state index in [4.69, 9.17) is 9.84 Å². The number of aliphatic carboxylic acids is 1. The summed E-state index contributed by atoms with van der Waals surface area (Å²) in [5.74, 6) is -0.627. The Morgan fingerprint density at radius 1 is 1.53 bits per heavy atom. The van der Waals surface area contributed by atoms with Gasteiger partial charge in [0, 0.05) is 12.6 Å². The lowest BCUT2D eigenvalue weighted by Gasteiger charge is -2.12. The van der Waals surface area contributed by atoms with Crippen molar-refractivity contribution in [3.05, 3.63) is 23.8 Å². The number of carbonyl (C=O) groups is 1. The highest BCUT2D eigenvalue weighted by atomic mass is 16.5. The van der Waals surface area contributed by atoms with Crippen molar-refractivity contribution < 1.29 is 19.7 Å². The Balaban J connectivity index is 2.16. The second kappa shape index (κ2) is 4.63. The van der Waals surface area contributed by atoms with E-state index in [0.717, 1.165) is 5.56 Å². The summed E-state index contributed by atoms with van der Waals surface area (Å²) in [5.41, 5.74) is 0.934. The second-order valence-corrected chi connectivity index (χ2v) is 4.16. The molecule has 0 saturated carbocycles. The molecule has 17 heavy (non-hydrogen) atoms. The SMILES string of the molecule is COc1cc(C2CC(C(=O)O)CN2)ccc1O. The van der Waals surface area contributed by atoms with E-state index in [1.54, 1.807) is 18.2 Å². The molecular formula is C12H15NO4. The van der Waals surface area contributed by atoms with Gasteiger partial charge in [-0.25, -0.2) is 0 Å². The van der Waals surface area contributed by atoms with E-state index < -0.39 is 5.97 Å². The molecule has 1 aliphatic rings. The average Bonchev–Trinajstić information content (AvgIpc) is 2.79. The van der Waals surface area contributed by atoms with E-state index in [1.807, 2.05) is 0 Å². The van der Waals surface area contributed by atoms with E-state index in [1.165, 1.54) is 7.11 Å². The van der Waals surface area contributed by atoms with E-state index in [0.29, 0.717) is 18.7 Å². The van der Waals surface area contributed by atoms with E-state index in [9.17, 15) is 9.90 Å². The number of phenols is 1.